The second kappa shape index (κ2) is 13.2. The molecule has 0 saturated heterocycles. The first-order chi connectivity index (χ1) is 18.5. The fourth-order valence-corrected chi connectivity index (χ4v) is 4.15. The molecule has 11 heteroatoms. The summed E-state index contributed by atoms with van der Waals surface area (Å²) in [4.78, 5) is 12.6. The number of benzene rings is 2. The smallest absolute Gasteiger partial charge is 0.253 e. The van der Waals surface area contributed by atoms with E-state index in [4.69, 9.17) is 9.15 Å². The van der Waals surface area contributed by atoms with Gasteiger partial charge in [0.2, 0.25) is 0 Å². The van der Waals surface area contributed by atoms with Crippen LogP contribution in [-0.2, 0) is 24.5 Å². The molecule has 1 atom stereocenters. The summed E-state index contributed by atoms with van der Waals surface area (Å²) >= 11 is 1.28. The number of hydrogen-bond donors (Lipinski definition) is 2. The van der Waals surface area contributed by atoms with Crippen molar-refractivity contribution in [2.75, 3.05) is 5.32 Å². The standard InChI is InChI=1S/C27H27FN6O3S/c1-3-15-34-25(17-29-21-7-5-4-6-8-21)31-33-27(34)38-19(2)26(35)32-30-16-23-13-14-24(37-23)18-36-22-11-9-20(28)10-12-22/h3-14,16,19,29H,1,15,17-18H2,2H3,(H,32,35)/b30-16-/t19-/m1/s1. The predicted octanol–water partition coefficient (Wildman–Crippen LogP) is 5.02. The molecule has 2 heterocycles. The number of hydrazone groups is 1. The molecule has 2 aromatic heterocycles. The van der Waals surface area contributed by atoms with Gasteiger partial charge in [-0.3, -0.25) is 4.79 Å². The maximum Gasteiger partial charge on any atom is 0.253 e. The van der Waals surface area contributed by atoms with Gasteiger partial charge >= 0.3 is 0 Å². The number of carbonyl (C=O) groups is 1. The number of halogens is 1. The molecule has 0 saturated carbocycles. The Morgan fingerprint density at radius 1 is 1.18 bits per heavy atom. The molecule has 2 aromatic carbocycles. The summed E-state index contributed by atoms with van der Waals surface area (Å²) in [6, 6.07) is 19.0. The molecule has 0 bridgehead atoms. The number of hydrogen-bond acceptors (Lipinski definition) is 8. The van der Waals surface area contributed by atoms with E-state index in [9.17, 15) is 9.18 Å². The number of nitrogens with one attached hydrogen (secondary N) is 2. The van der Waals surface area contributed by atoms with Gasteiger partial charge in [-0.15, -0.1) is 16.8 Å². The van der Waals surface area contributed by atoms with Crippen molar-refractivity contribution < 1.29 is 18.3 Å². The molecule has 0 aliphatic carbocycles. The number of amides is 1. The number of carbonyl (C=O) groups excluding carboxylic acids is 1. The SMILES string of the molecule is C=CCn1c(CNc2ccccc2)nnc1S[C@H](C)C(=O)N/N=C\c1ccc(COc2ccc(F)cc2)o1. The summed E-state index contributed by atoms with van der Waals surface area (Å²) in [6.45, 7) is 6.75. The van der Waals surface area contributed by atoms with E-state index in [0.717, 1.165) is 11.5 Å². The number of para-hydroxylation sites is 1. The molecule has 0 radical (unpaired) electrons. The molecule has 0 unspecified atom stereocenters. The Kier molecular flexibility index (Phi) is 9.30. The Labute approximate surface area is 223 Å². The first kappa shape index (κ1) is 26.7. The van der Waals surface area contributed by atoms with Gasteiger partial charge in [0, 0.05) is 12.2 Å². The number of rotatable bonds is 13. The summed E-state index contributed by atoms with van der Waals surface area (Å²) in [5, 5.41) is 16.0. The van der Waals surface area contributed by atoms with Crippen LogP contribution in [0.2, 0.25) is 0 Å². The first-order valence-corrected chi connectivity index (χ1v) is 12.7. The van der Waals surface area contributed by atoms with Crippen LogP contribution in [0.3, 0.4) is 0 Å². The number of furan rings is 1. The molecular weight excluding hydrogens is 507 g/mol. The van der Waals surface area contributed by atoms with Gasteiger partial charge in [-0.1, -0.05) is 36.0 Å². The highest BCUT2D eigenvalue weighted by Gasteiger charge is 2.19. The Morgan fingerprint density at radius 2 is 1.97 bits per heavy atom. The summed E-state index contributed by atoms with van der Waals surface area (Å²) < 4.78 is 26.1. The maximum absolute atomic E-state index is 13.0. The van der Waals surface area contributed by atoms with Crippen LogP contribution in [-0.4, -0.2) is 32.1 Å². The average molecular weight is 535 g/mol. The number of ether oxygens (including phenoxy) is 1. The molecule has 38 heavy (non-hydrogen) atoms. The Balaban J connectivity index is 1.27. The minimum atomic E-state index is -0.480. The van der Waals surface area contributed by atoms with Crippen molar-refractivity contribution in [3.05, 3.63) is 103 Å². The Hall–Kier alpha value is -4.38. The van der Waals surface area contributed by atoms with Crippen LogP contribution >= 0.6 is 11.8 Å². The Morgan fingerprint density at radius 3 is 2.74 bits per heavy atom. The lowest BCUT2D eigenvalue weighted by Gasteiger charge is -2.12. The van der Waals surface area contributed by atoms with E-state index < -0.39 is 5.25 Å². The van der Waals surface area contributed by atoms with Gasteiger partial charge in [0.1, 0.15) is 29.7 Å². The molecule has 1 amide bonds. The Bertz CT molecular complexity index is 1370. The molecule has 4 aromatic rings. The number of allylic oxidation sites excluding steroid dienone is 1. The highest BCUT2D eigenvalue weighted by Crippen LogP contribution is 2.23. The lowest BCUT2D eigenvalue weighted by Crippen LogP contribution is -2.27. The quantitative estimate of drug-likeness (QED) is 0.107. The zero-order chi connectivity index (χ0) is 26.7. The minimum absolute atomic E-state index is 0.174. The molecule has 0 aliphatic heterocycles. The zero-order valence-electron chi connectivity index (χ0n) is 20.7. The van der Waals surface area contributed by atoms with Crippen LogP contribution in [0.1, 0.15) is 24.3 Å². The van der Waals surface area contributed by atoms with Crippen LogP contribution in [0.15, 0.2) is 94.1 Å². The number of aromatic nitrogens is 3. The molecule has 196 valence electrons. The van der Waals surface area contributed by atoms with Crippen LogP contribution < -0.4 is 15.5 Å². The number of anilines is 1. The number of thioether (sulfide) groups is 1. The first-order valence-electron chi connectivity index (χ1n) is 11.8. The lowest BCUT2D eigenvalue weighted by molar-refractivity contribution is -0.120. The van der Waals surface area contributed by atoms with E-state index in [1.807, 2.05) is 34.9 Å². The topological polar surface area (TPSA) is 107 Å². The number of nitrogens with zero attached hydrogens (tertiary/aromatic N) is 4. The molecule has 0 spiro atoms. The van der Waals surface area contributed by atoms with Gasteiger partial charge in [0.15, 0.2) is 11.0 Å². The highest BCUT2D eigenvalue weighted by atomic mass is 32.2. The summed E-state index contributed by atoms with van der Waals surface area (Å²) in [5.41, 5.74) is 3.50. The van der Waals surface area contributed by atoms with E-state index in [2.05, 4.69) is 32.6 Å². The van der Waals surface area contributed by atoms with Gasteiger partial charge in [-0.25, -0.2) is 9.82 Å². The summed E-state index contributed by atoms with van der Waals surface area (Å²) in [5.74, 6) is 1.65. The van der Waals surface area contributed by atoms with E-state index >= 15 is 0 Å². The van der Waals surface area contributed by atoms with Gasteiger partial charge in [0.25, 0.3) is 5.91 Å². The second-order valence-corrected chi connectivity index (χ2v) is 9.37. The highest BCUT2D eigenvalue weighted by molar-refractivity contribution is 8.00. The summed E-state index contributed by atoms with van der Waals surface area (Å²) in [6.07, 6.45) is 3.17. The van der Waals surface area contributed by atoms with Crippen LogP contribution in [0.4, 0.5) is 10.1 Å². The zero-order valence-corrected chi connectivity index (χ0v) is 21.5. The lowest BCUT2D eigenvalue weighted by atomic mass is 10.3. The van der Waals surface area contributed by atoms with Crippen LogP contribution in [0.25, 0.3) is 0 Å². The van der Waals surface area contributed by atoms with Crippen molar-refractivity contribution in [3.63, 3.8) is 0 Å². The fourth-order valence-electron chi connectivity index (χ4n) is 3.28. The molecular formula is C27H27FN6O3S. The van der Waals surface area contributed by atoms with E-state index in [1.54, 1.807) is 25.1 Å². The maximum atomic E-state index is 13.0. The fraction of sp³-hybridized carbons (Fsp3) is 0.185. The normalized spacial score (nSPS) is 11.8. The van der Waals surface area contributed by atoms with Crippen molar-refractivity contribution in [1.82, 2.24) is 20.2 Å². The van der Waals surface area contributed by atoms with Crippen molar-refractivity contribution >= 4 is 29.6 Å². The van der Waals surface area contributed by atoms with Crippen LogP contribution in [0.5, 0.6) is 5.75 Å². The predicted molar refractivity (Wildman–Crippen MR) is 144 cm³/mol. The third-order valence-corrected chi connectivity index (χ3v) is 6.31. The van der Waals surface area contributed by atoms with Crippen molar-refractivity contribution in [2.24, 2.45) is 5.10 Å². The largest absolute Gasteiger partial charge is 0.486 e. The molecule has 2 N–H and O–H groups in total. The third-order valence-electron chi connectivity index (χ3n) is 5.22. The molecule has 4 rings (SSSR count). The van der Waals surface area contributed by atoms with E-state index in [1.165, 1.54) is 42.2 Å². The molecule has 0 aliphatic rings. The average Bonchev–Trinajstić information content (AvgIpc) is 3.54. The van der Waals surface area contributed by atoms with Gasteiger partial charge in [0.05, 0.1) is 18.0 Å². The monoisotopic (exact) mass is 534 g/mol. The van der Waals surface area contributed by atoms with Crippen molar-refractivity contribution in [3.8, 4) is 5.75 Å². The van der Waals surface area contributed by atoms with Gasteiger partial charge in [-0.05, 0) is 55.5 Å². The van der Waals surface area contributed by atoms with Gasteiger partial charge in [-0.2, -0.15) is 5.10 Å². The van der Waals surface area contributed by atoms with Crippen LogP contribution in [0, 0.1) is 5.82 Å². The van der Waals surface area contributed by atoms with Crippen molar-refractivity contribution in [2.45, 2.75) is 37.0 Å². The van der Waals surface area contributed by atoms with E-state index in [-0.39, 0.29) is 18.3 Å². The van der Waals surface area contributed by atoms with Crippen molar-refractivity contribution in [1.29, 1.82) is 0 Å². The molecule has 9 nitrogen and oxygen atoms in total. The van der Waals surface area contributed by atoms with Gasteiger partial charge < -0.3 is 19.0 Å². The minimum Gasteiger partial charge on any atom is -0.486 e. The second-order valence-electron chi connectivity index (χ2n) is 8.06. The molecule has 0 fully saturated rings. The summed E-state index contributed by atoms with van der Waals surface area (Å²) in [7, 11) is 0. The van der Waals surface area contributed by atoms with E-state index in [0.29, 0.717) is 35.5 Å². The third kappa shape index (κ3) is 7.56.